The highest BCUT2D eigenvalue weighted by atomic mass is 19.4. The van der Waals surface area contributed by atoms with Gasteiger partial charge in [-0.25, -0.2) is 33.4 Å². The molecule has 0 aromatic carbocycles. The monoisotopic (exact) mass is 524 g/mol. The number of halogens is 5. The van der Waals surface area contributed by atoms with Gasteiger partial charge < -0.3 is 4.90 Å². The van der Waals surface area contributed by atoms with Crippen molar-refractivity contribution in [2.75, 3.05) is 18.0 Å². The summed E-state index contributed by atoms with van der Waals surface area (Å²) in [5, 5.41) is 3.87. The quantitative estimate of drug-likeness (QED) is 0.472. The smallest absolute Gasteiger partial charge is 0.335 e. The Labute approximate surface area is 206 Å². The lowest BCUT2D eigenvalue weighted by atomic mass is 9.77. The molecule has 2 aliphatic rings. The highest BCUT2D eigenvalue weighted by Crippen LogP contribution is 2.44. The van der Waals surface area contributed by atoms with Gasteiger partial charge in [0.25, 0.3) is 6.43 Å². The average Bonchev–Trinajstić information content (AvgIpc) is 3.37. The molecule has 2 amide bonds. The number of alkyl halides is 5. The predicted molar refractivity (Wildman–Crippen MR) is 117 cm³/mol. The van der Waals surface area contributed by atoms with E-state index >= 15 is 0 Å². The van der Waals surface area contributed by atoms with E-state index < -0.39 is 36.4 Å². The van der Waals surface area contributed by atoms with E-state index in [1.807, 2.05) is 0 Å². The molecule has 5 heterocycles. The highest BCUT2D eigenvalue weighted by Gasteiger charge is 2.49. The Hall–Kier alpha value is -3.78. The number of anilines is 1. The summed E-state index contributed by atoms with van der Waals surface area (Å²) in [7, 11) is 0. The fourth-order valence-electron chi connectivity index (χ4n) is 4.90. The van der Waals surface area contributed by atoms with Crippen molar-refractivity contribution in [3.8, 4) is 0 Å². The van der Waals surface area contributed by atoms with Gasteiger partial charge in [-0.2, -0.15) is 18.3 Å². The summed E-state index contributed by atoms with van der Waals surface area (Å²) in [6, 6.07) is -0.578. The van der Waals surface area contributed by atoms with Gasteiger partial charge in [-0.05, 0) is 13.3 Å². The third-order valence-electron chi connectivity index (χ3n) is 6.84. The van der Waals surface area contributed by atoms with Crippen LogP contribution in [0.3, 0.4) is 0 Å². The maximum Gasteiger partial charge on any atom is 0.451 e. The Kier molecular flexibility index (Phi) is 6.02. The first kappa shape index (κ1) is 24.9. The van der Waals surface area contributed by atoms with Crippen LogP contribution >= 0.6 is 0 Å². The molecule has 3 aromatic heterocycles. The van der Waals surface area contributed by atoms with E-state index in [1.54, 1.807) is 6.92 Å². The second-order valence-electron chi connectivity index (χ2n) is 9.34. The normalized spacial score (nSPS) is 21.6. The van der Waals surface area contributed by atoms with Crippen LogP contribution in [-0.2, 0) is 22.3 Å². The lowest BCUT2D eigenvalue weighted by Crippen LogP contribution is -2.46. The third kappa shape index (κ3) is 4.69. The average molecular weight is 524 g/mol. The number of aromatic nitrogens is 6. The molecular formula is C22H21F5N8O2. The van der Waals surface area contributed by atoms with Gasteiger partial charge in [0.05, 0.1) is 18.4 Å². The van der Waals surface area contributed by atoms with E-state index in [0.29, 0.717) is 17.5 Å². The minimum Gasteiger partial charge on any atom is -0.335 e. The van der Waals surface area contributed by atoms with Crippen LogP contribution in [0.4, 0.5) is 27.8 Å². The van der Waals surface area contributed by atoms with E-state index in [9.17, 15) is 31.5 Å². The molecule has 15 heteroatoms. The summed E-state index contributed by atoms with van der Waals surface area (Å²) in [5.41, 5.74) is 0.177. The van der Waals surface area contributed by atoms with E-state index in [2.05, 4.69) is 25.0 Å². The van der Waals surface area contributed by atoms with Gasteiger partial charge in [0.2, 0.25) is 17.6 Å². The summed E-state index contributed by atoms with van der Waals surface area (Å²) < 4.78 is 65.1. The molecule has 0 saturated carbocycles. The summed E-state index contributed by atoms with van der Waals surface area (Å²) in [4.78, 5) is 44.2. The van der Waals surface area contributed by atoms with Crippen LogP contribution in [0.25, 0.3) is 11.2 Å². The Balaban J connectivity index is 1.30. The Morgan fingerprint density at radius 1 is 1.03 bits per heavy atom. The van der Waals surface area contributed by atoms with Crippen LogP contribution < -0.4 is 4.90 Å². The van der Waals surface area contributed by atoms with E-state index in [4.69, 9.17) is 0 Å². The maximum atomic E-state index is 13.1. The minimum atomic E-state index is -4.67. The SMILES string of the molecule is CC(c1cnc(C(F)(F)F)nc1)N1CC2(CCN(c3cnc4cnn(CC(F)F)c4n3)C(=O)C2)CC1=O. The second-order valence-corrected chi connectivity index (χ2v) is 9.34. The molecule has 0 bridgehead atoms. The molecule has 3 aromatic rings. The number of rotatable bonds is 5. The van der Waals surface area contributed by atoms with Gasteiger partial charge in [-0.3, -0.25) is 14.5 Å². The number of fused-ring (bicyclic) bond motifs is 1. The van der Waals surface area contributed by atoms with Gasteiger partial charge in [0.1, 0.15) is 12.1 Å². The number of nitrogens with zero attached hydrogens (tertiary/aromatic N) is 8. The lowest BCUT2D eigenvalue weighted by Gasteiger charge is -2.38. The fraction of sp³-hybridized carbons (Fsp3) is 0.500. The number of carbonyl (C=O) groups excluding carboxylic acids is 2. The molecule has 5 rings (SSSR count). The van der Waals surface area contributed by atoms with Crippen LogP contribution in [0.1, 0.15) is 43.6 Å². The van der Waals surface area contributed by atoms with Crippen molar-refractivity contribution in [2.45, 2.75) is 51.4 Å². The number of hydrogen-bond acceptors (Lipinski definition) is 7. The molecule has 2 aliphatic heterocycles. The first-order chi connectivity index (χ1) is 17.5. The molecule has 2 saturated heterocycles. The maximum absolute atomic E-state index is 13.1. The first-order valence-electron chi connectivity index (χ1n) is 11.4. The van der Waals surface area contributed by atoms with Gasteiger partial charge >= 0.3 is 6.18 Å². The zero-order valence-corrected chi connectivity index (χ0v) is 19.5. The van der Waals surface area contributed by atoms with Gasteiger partial charge in [0, 0.05) is 49.3 Å². The molecule has 1 spiro atoms. The van der Waals surface area contributed by atoms with Gasteiger partial charge in [0.15, 0.2) is 11.5 Å². The van der Waals surface area contributed by atoms with Crippen LogP contribution in [0.15, 0.2) is 24.8 Å². The Bertz CT molecular complexity index is 1350. The molecular weight excluding hydrogens is 503 g/mol. The van der Waals surface area contributed by atoms with Crippen molar-refractivity contribution < 1.29 is 31.5 Å². The number of amides is 2. The van der Waals surface area contributed by atoms with Crippen molar-refractivity contribution in [1.82, 2.24) is 34.6 Å². The summed E-state index contributed by atoms with van der Waals surface area (Å²) in [5.74, 6) is -1.56. The molecule has 37 heavy (non-hydrogen) atoms. The summed E-state index contributed by atoms with van der Waals surface area (Å²) >= 11 is 0. The number of piperidine rings is 1. The Morgan fingerprint density at radius 2 is 1.73 bits per heavy atom. The summed E-state index contributed by atoms with van der Waals surface area (Å²) in [6.07, 6.45) is -1.86. The molecule has 0 aliphatic carbocycles. The van der Waals surface area contributed by atoms with Crippen molar-refractivity contribution in [3.05, 3.63) is 36.2 Å². The number of hydrogen-bond donors (Lipinski definition) is 0. The van der Waals surface area contributed by atoms with E-state index in [0.717, 1.165) is 17.1 Å². The number of likely N-dealkylation sites (tertiary alicyclic amines) is 1. The lowest BCUT2D eigenvalue weighted by molar-refractivity contribution is -0.145. The zero-order chi connectivity index (χ0) is 26.5. The van der Waals surface area contributed by atoms with Crippen LogP contribution in [0, 0.1) is 5.41 Å². The minimum absolute atomic E-state index is 0.0431. The highest BCUT2D eigenvalue weighted by molar-refractivity contribution is 5.95. The van der Waals surface area contributed by atoms with Crippen LogP contribution in [0.5, 0.6) is 0 Å². The third-order valence-corrected chi connectivity index (χ3v) is 6.84. The largest absolute Gasteiger partial charge is 0.451 e. The molecule has 2 unspecified atom stereocenters. The standard InChI is InChI=1S/C22H21F5N8O2/c1-12(13-6-29-20(30-7-13)22(25,26)27)34-11-21(5-18(34)37)2-3-33(17(36)4-21)16-9-28-14-8-31-35(10-15(23)24)19(14)32-16/h6-9,12,15H,2-5,10-11H2,1H3. The first-order valence-corrected chi connectivity index (χ1v) is 11.4. The Morgan fingerprint density at radius 3 is 2.38 bits per heavy atom. The molecule has 0 radical (unpaired) electrons. The second kappa shape index (κ2) is 8.95. The van der Waals surface area contributed by atoms with E-state index in [-0.39, 0.29) is 49.2 Å². The topological polar surface area (TPSA) is 110 Å². The molecule has 2 fully saturated rings. The van der Waals surface area contributed by atoms with Crippen molar-refractivity contribution >= 4 is 28.8 Å². The molecule has 10 nitrogen and oxygen atoms in total. The van der Waals surface area contributed by atoms with Crippen LogP contribution in [-0.4, -0.2) is 65.9 Å². The zero-order valence-electron chi connectivity index (χ0n) is 19.5. The fourth-order valence-corrected chi connectivity index (χ4v) is 4.90. The summed E-state index contributed by atoms with van der Waals surface area (Å²) in [6.45, 7) is 1.51. The number of carbonyl (C=O) groups is 2. The molecule has 196 valence electrons. The van der Waals surface area contributed by atoms with E-state index in [1.165, 1.54) is 22.2 Å². The van der Waals surface area contributed by atoms with Crippen molar-refractivity contribution in [2.24, 2.45) is 5.41 Å². The van der Waals surface area contributed by atoms with Gasteiger partial charge in [-0.15, -0.1) is 0 Å². The predicted octanol–water partition coefficient (Wildman–Crippen LogP) is 3.01. The molecule has 0 N–H and O–H groups in total. The van der Waals surface area contributed by atoms with Crippen molar-refractivity contribution in [1.29, 1.82) is 0 Å². The van der Waals surface area contributed by atoms with Gasteiger partial charge in [-0.1, -0.05) is 0 Å². The molecule has 2 atom stereocenters. The van der Waals surface area contributed by atoms with Crippen LogP contribution in [0.2, 0.25) is 0 Å². The van der Waals surface area contributed by atoms with Crippen molar-refractivity contribution in [3.63, 3.8) is 0 Å².